The molecule has 1 aromatic heterocycles. The number of rotatable bonds is 18. The number of aliphatic hydroxyl groups excluding tert-OH is 10. The second kappa shape index (κ2) is 45.4. The molecule has 43 nitrogen and oxygen atoms in total. The first-order chi connectivity index (χ1) is 56.8. The highest BCUT2D eigenvalue weighted by atomic mass is 79.9. The molecule has 120 heavy (non-hydrogen) atoms. The van der Waals surface area contributed by atoms with E-state index in [2.05, 4.69) is 90.3 Å². The molecule has 27 N–H and O–H groups in total. The van der Waals surface area contributed by atoms with Gasteiger partial charge in [-0.3, -0.25) is 67.1 Å². The quantitative estimate of drug-likeness (QED) is 0.0325. The molecule has 45 heteroatoms. The number of nitrogens with one attached hydrogen (secondary N) is 12. The molecule has 0 unspecified atom stereocenters. The highest BCUT2D eigenvalue weighted by molar-refractivity contribution is 9.10. The number of nitrogens with two attached hydrogens (primary N) is 2. The average molecular weight is 1810 g/mol. The number of aliphatic hydroxyl groups is 10. The minimum absolute atomic E-state index is 0.320. The molecule has 0 spiro atoms. The van der Waals surface area contributed by atoms with E-state index in [4.69, 9.17) is 16.2 Å². The lowest BCUT2D eigenvalue weighted by Gasteiger charge is -2.38. The van der Waals surface area contributed by atoms with Crippen molar-refractivity contribution in [2.75, 3.05) is 26.4 Å². The van der Waals surface area contributed by atoms with Crippen molar-refractivity contribution in [1.82, 2.24) is 68.4 Å². The molecular formula is C75H97Br2N16O27+. The van der Waals surface area contributed by atoms with Crippen LogP contribution in [0.5, 0.6) is 0 Å². The van der Waals surface area contributed by atoms with Crippen LogP contribution >= 0.6 is 31.9 Å². The van der Waals surface area contributed by atoms with E-state index in [1.807, 2.05) is 5.32 Å². The van der Waals surface area contributed by atoms with Crippen LogP contribution in [-0.2, 0) is 102 Å². The van der Waals surface area contributed by atoms with Gasteiger partial charge in [0, 0.05) is 54.0 Å². The summed E-state index contributed by atoms with van der Waals surface area (Å²) in [4.78, 5) is 214. The molecule has 1 saturated heterocycles. The molecule has 7 rings (SSSR count). The lowest BCUT2D eigenvalue weighted by atomic mass is 9.98. The molecule has 3 aliphatic heterocycles. The lowest BCUT2D eigenvalue weighted by Crippen LogP contribution is -2.64. The van der Waals surface area contributed by atoms with Crippen LogP contribution in [-0.4, -0.2) is 291 Å². The fourth-order valence-corrected chi connectivity index (χ4v) is 13.3. The van der Waals surface area contributed by atoms with E-state index >= 15 is 9.59 Å². The number of carbonyl (C=O) groups is 15. The van der Waals surface area contributed by atoms with Crippen LogP contribution in [0.3, 0.4) is 0 Å². The van der Waals surface area contributed by atoms with Crippen molar-refractivity contribution in [1.29, 1.82) is 0 Å². The van der Waals surface area contributed by atoms with Gasteiger partial charge in [-0.25, -0.2) is 13.9 Å². The molecule has 0 radical (unpaired) electrons. The third-order valence-electron chi connectivity index (χ3n) is 19.2. The number of primary amides is 2. The average Bonchev–Trinajstić information content (AvgIpc) is 1.49. The van der Waals surface area contributed by atoms with Gasteiger partial charge in [0.25, 0.3) is 0 Å². The van der Waals surface area contributed by atoms with Crippen LogP contribution in [0.25, 0.3) is 6.08 Å². The van der Waals surface area contributed by atoms with Gasteiger partial charge in [0.2, 0.25) is 95.3 Å². The highest BCUT2D eigenvalue weighted by Crippen LogP contribution is 2.27. The molecule has 0 aliphatic carbocycles. The Balaban J connectivity index is 1.44. The SMILES string of the molecule is CC(/C=C/c1ccc(Br)cc1)=C\[C@H](O)[C@H]1CC(=O)N[C@@H](CO)C(=O)N[C@@H]2Cn3cc([n+]([C@@H]4O[C@H](CO)[C@H](O)[C@H](O)[C@H]4O)c3)C[C@H](NC(=O)C[C@H](O)C[C@@H](C(=O)O)NC(=O)CCNC(=O)[C@H](Cc3ccc(Br)cc3)NC(=O)[C@@H]([C@@H](O)C(N)=O)NC(=O)[C@H](CC(N)=O)NC2=O)C(=O)N[C@@H]([C@H](C)O)C(=O)N[C@@H](CO)C(=O)N[C@@H](Cc2ccccc2)C(=O)N1. The molecule has 3 aromatic carbocycles. The van der Waals surface area contributed by atoms with E-state index in [9.17, 15) is 119 Å². The second-order valence-electron chi connectivity index (χ2n) is 28.6. The molecule has 652 valence electrons. The van der Waals surface area contributed by atoms with Gasteiger partial charge in [-0.05, 0) is 54.8 Å². The summed E-state index contributed by atoms with van der Waals surface area (Å²) in [5.74, 6) is -21.4. The van der Waals surface area contributed by atoms with Crippen molar-refractivity contribution in [3.8, 4) is 0 Å². The number of carboxylic acids is 1. The van der Waals surface area contributed by atoms with E-state index < -0.39 is 300 Å². The van der Waals surface area contributed by atoms with E-state index in [-0.39, 0.29) is 0 Å². The number of aliphatic carboxylic acids is 1. The van der Waals surface area contributed by atoms with Crippen LogP contribution < -0.4 is 79.8 Å². The number of halogens is 2. The molecule has 1 fully saturated rings. The minimum Gasteiger partial charge on any atom is -0.480 e. The van der Waals surface area contributed by atoms with Crippen molar-refractivity contribution >= 4 is 127 Å². The summed E-state index contributed by atoms with van der Waals surface area (Å²) in [7, 11) is 0. The maximum absolute atomic E-state index is 15.4. The van der Waals surface area contributed by atoms with Crippen LogP contribution in [0.1, 0.15) is 74.6 Å². The van der Waals surface area contributed by atoms with E-state index in [1.165, 1.54) is 49.4 Å². The smallest absolute Gasteiger partial charge is 0.326 e. The summed E-state index contributed by atoms with van der Waals surface area (Å²) in [5.41, 5.74) is 12.3. The number of allylic oxidation sites excluding steroid dienone is 2. The van der Waals surface area contributed by atoms with Gasteiger partial charge in [-0.1, -0.05) is 110 Å². The van der Waals surface area contributed by atoms with Gasteiger partial charge in [-0.2, -0.15) is 0 Å². The maximum Gasteiger partial charge on any atom is 0.326 e. The molecule has 3 aliphatic rings. The van der Waals surface area contributed by atoms with Gasteiger partial charge in [-0.15, -0.1) is 0 Å². The fourth-order valence-electron chi connectivity index (χ4n) is 12.7. The maximum atomic E-state index is 15.4. The predicted molar refractivity (Wildman–Crippen MR) is 420 cm³/mol. The van der Waals surface area contributed by atoms with Gasteiger partial charge in [0.15, 0.2) is 6.10 Å². The number of aromatic nitrogens is 2. The number of fused-ring (bicyclic) bond motifs is 2. The standard InChI is InChI=1S/C75H96Br2N16O27/c1-34(8-9-36-10-14-39(76)15-11-36)20-52(99)43-27-57(103)83-50(30-94)70(114)88-49-29-92-28-41(93(33-92)74-63(107)62(106)60(104)53(32-96)120-74)23-46(67(111)90-58(35(2)97)72(116)89-51(31-95)71(115)85-45(66(110)84-43)21-37-6-4-3-5-7-37)81-56(102)25-42(98)24-48(75(118)119)82-55(101)18-19-80-65(109)44(22-38-12-16-40(77)17-13-38)87-73(117)59(61(105)64(79)108)91-68(112)47(26-54(78)100)86-69(49)113/h3-17,20,28,33,35,42-53,58-63,74,94-99,104-107H,18-19,21-27,29-32H2,1-2H3,(H16-,78,79,80,81,82,83,84,85,86,87,88,89,90,91,100,101,102,103,108,109,110,111,112,113,114,115,116,117,118,119)/p+1/b9-8+,34-20+/t35-,42+,43+,44-,45-,46-,47-,48-,49+,50-,51-,52-,53+,58-,59+,60-,61+,62-,63+,74+/m0/s1. The van der Waals surface area contributed by atoms with Crippen LogP contribution in [0.15, 0.2) is 118 Å². The molecular weight excluding hydrogens is 1720 g/mol. The molecule has 4 heterocycles. The zero-order valence-corrected chi connectivity index (χ0v) is 67.6. The Bertz CT molecular complexity index is 4410. The third kappa shape index (κ3) is 28.3. The topological polar surface area (TPSA) is 693 Å². The zero-order valence-electron chi connectivity index (χ0n) is 64.4. The monoisotopic (exact) mass is 1810 g/mol. The van der Waals surface area contributed by atoms with Crippen LogP contribution in [0.2, 0.25) is 0 Å². The molecule has 0 saturated carbocycles. The van der Waals surface area contributed by atoms with Gasteiger partial charge in [0.1, 0.15) is 103 Å². The largest absolute Gasteiger partial charge is 0.480 e. The summed E-state index contributed by atoms with van der Waals surface area (Å²) < 4.78 is 8.98. The Morgan fingerprint density at radius 3 is 1.73 bits per heavy atom. The van der Waals surface area contributed by atoms with Crippen molar-refractivity contribution in [3.63, 3.8) is 0 Å². The van der Waals surface area contributed by atoms with E-state index in [0.29, 0.717) is 26.7 Å². The summed E-state index contributed by atoms with van der Waals surface area (Å²) in [6.45, 7) is -2.96. The van der Waals surface area contributed by atoms with Gasteiger partial charge >= 0.3 is 5.97 Å². The van der Waals surface area contributed by atoms with Crippen LogP contribution in [0, 0.1) is 0 Å². The normalized spacial score (nSPS) is 28.1. The Morgan fingerprint density at radius 2 is 1.12 bits per heavy atom. The summed E-state index contributed by atoms with van der Waals surface area (Å²) in [6.07, 6.45) is -19.8. The number of amides is 14. The Morgan fingerprint density at radius 1 is 0.575 bits per heavy atom. The lowest BCUT2D eigenvalue weighted by molar-refractivity contribution is -0.783. The second-order valence-corrected chi connectivity index (χ2v) is 30.5. The van der Waals surface area contributed by atoms with Crippen molar-refractivity contribution < 1.29 is 137 Å². The first-order valence-electron chi connectivity index (χ1n) is 37.4. The van der Waals surface area contributed by atoms with Crippen molar-refractivity contribution in [2.24, 2.45) is 11.5 Å². The van der Waals surface area contributed by atoms with Crippen LogP contribution in [0.4, 0.5) is 0 Å². The fraction of sp³-hybridized carbons (Fsp3) is 0.467. The first kappa shape index (κ1) is 96.1. The summed E-state index contributed by atoms with van der Waals surface area (Å²) in [6, 6.07) is -2.51. The summed E-state index contributed by atoms with van der Waals surface area (Å²) >= 11 is 6.64. The Labute approximate surface area is 700 Å². The van der Waals surface area contributed by atoms with Gasteiger partial charge in [0.05, 0.1) is 57.0 Å². The number of ether oxygens (including phenoxy) is 1. The molecule has 20 atom stereocenters. The highest BCUT2D eigenvalue weighted by Gasteiger charge is 2.49. The minimum atomic E-state index is -2.73. The number of imidazole rings is 1. The van der Waals surface area contributed by atoms with E-state index in [1.54, 1.807) is 54.6 Å². The number of nitrogens with zero attached hydrogens (tertiary/aromatic N) is 2. The Kier molecular flexibility index (Phi) is 36.3. The third-order valence-corrected chi connectivity index (χ3v) is 20.2. The number of carbonyl (C=O) groups excluding carboxylic acids is 14. The van der Waals surface area contributed by atoms with E-state index in [0.717, 1.165) is 33.1 Å². The first-order valence-corrected chi connectivity index (χ1v) is 39.0. The number of hydrogen-bond donors (Lipinski definition) is 25. The predicted octanol–water partition coefficient (Wildman–Crippen LogP) is -10.1. The molecule has 4 aromatic rings. The summed E-state index contributed by atoms with van der Waals surface area (Å²) in [5, 5.41) is 150. The number of hydrogen-bond acceptors (Lipinski definition) is 26. The number of benzene rings is 3. The molecule has 14 amide bonds. The van der Waals surface area contributed by atoms with Crippen molar-refractivity contribution in [3.05, 3.63) is 140 Å². The van der Waals surface area contributed by atoms with Crippen molar-refractivity contribution in [2.45, 2.75) is 193 Å². The number of carboxylic acid groups (broad SMARTS) is 1. The van der Waals surface area contributed by atoms with Gasteiger partial charge < -0.3 is 136 Å². The Hall–Kier alpha value is -11.1. The zero-order chi connectivity index (χ0) is 88.5. The molecule has 4 bridgehead atoms.